The minimum Gasteiger partial charge on any atom is -0.459 e. The third-order valence-corrected chi connectivity index (χ3v) is 12.2. The SMILES string of the molecule is CCc1c2c(nc3ccc(OP(=O)(NC(C)(C)C(=O)OC(C)(C)C)OC4CCC(NC(=O)OC(C)(C)C)CC4)cc13)-c1cc3c(c(=O)n1C2)COC(=O)[C@]3(O)CC. The van der Waals surface area contributed by atoms with Crippen LogP contribution in [0.3, 0.4) is 0 Å². The van der Waals surface area contributed by atoms with Crippen LogP contribution in [0.1, 0.15) is 124 Å². The van der Waals surface area contributed by atoms with Crippen LogP contribution in [-0.4, -0.2) is 61.6 Å². The van der Waals surface area contributed by atoms with Gasteiger partial charge in [-0.3, -0.25) is 14.1 Å². The highest BCUT2D eigenvalue weighted by Gasteiger charge is 2.46. The second-order valence-corrected chi connectivity index (χ2v) is 19.2. The largest absolute Gasteiger partial charge is 0.459 e. The molecule has 1 saturated carbocycles. The molecule has 2 aromatic heterocycles. The van der Waals surface area contributed by atoms with Crippen LogP contribution in [0.25, 0.3) is 22.3 Å². The number of nitrogens with one attached hydrogen (secondary N) is 2. The maximum atomic E-state index is 14.9. The minimum absolute atomic E-state index is 0.0344. The molecule has 1 aromatic carbocycles. The Morgan fingerprint density at radius 2 is 1.65 bits per heavy atom. The highest BCUT2D eigenvalue weighted by Crippen LogP contribution is 2.50. The van der Waals surface area contributed by atoms with Crippen molar-refractivity contribution in [2.75, 3.05) is 0 Å². The van der Waals surface area contributed by atoms with Gasteiger partial charge in [0, 0.05) is 22.6 Å². The molecule has 1 aliphatic carbocycles. The van der Waals surface area contributed by atoms with Gasteiger partial charge < -0.3 is 33.7 Å². The number of alkyl carbamates (subject to hydrolysis) is 1. The number of benzene rings is 1. The molecule has 0 radical (unpaired) electrons. The number of ether oxygens (including phenoxy) is 3. The van der Waals surface area contributed by atoms with Gasteiger partial charge in [0.25, 0.3) is 5.56 Å². The van der Waals surface area contributed by atoms with Gasteiger partial charge in [-0.25, -0.2) is 19.1 Å². The van der Waals surface area contributed by atoms with E-state index in [1.807, 2.05) is 6.92 Å². The summed E-state index contributed by atoms with van der Waals surface area (Å²) in [6.07, 6.45) is 1.54. The van der Waals surface area contributed by atoms with Gasteiger partial charge in [0.2, 0.25) is 0 Å². The maximum absolute atomic E-state index is 14.9. The Bertz CT molecular complexity index is 2210. The normalized spacial score (nSPS) is 21.8. The molecule has 0 bridgehead atoms. The number of rotatable bonds is 10. The summed E-state index contributed by atoms with van der Waals surface area (Å²) < 4.78 is 45.3. The van der Waals surface area contributed by atoms with Gasteiger partial charge in [-0.2, -0.15) is 5.09 Å². The second kappa shape index (κ2) is 15.1. The minimum atomic E-state index is -4.32. The number of carbonyl (C=O) groups excluding carboxylic acids is 3. The summed E-state index contributed by atoms with van der Waals surface area (Å²) in [6.45, 7) is 17.3. The van der Waals surface area contributed by atoms with Crippen molar-refractivity contribution in [1.29, 1.82) is 0 Å². The average Bonchev–Trinajstić information content (AvgIpc) is 3.46. The Labute approximate surface area is 332 Å². The van der Waals surface area contributed by atoms with E-state index in [1.165, 1.54) is 0 Å². The summed E-state index contributed by atoms with van der Waals surface area (Å²) in [7, 11) is -4.32. The number of aliphatic hydroxyl groups is 1. The Morgan fingerprint density at radius 1 is 0.982 bits per heavy atom. The molecule has 4 heterocycles. The summed E-state index contributed by atoms with van der Waals surface area (Å²) >= 11 is 0. The van der Waals surface area contributed by atoms with Gasteiger partial charge in [-0.05, 0) is 124 Å². The number of cyclic esters (lactones) is 1. The van der Waals surface area contributed by atoms with Crippen molar-refractivity contribution < 1.29 is 47.3 Å². The molecule has 6 rings (SSSR count). The lowest BCUT2D eigenvalue weighted by atomic mass is 9.86. The first-order valence-electron chi connectivity index (χ1n) is 19.6. The summed E-state index contributed by atoms with van der Waals surface area (Å²) in [4.78, 5) is 57.2. The Morgan fingerprint density at radius 3 is 2.26 bits per heavy atom. The van der Waals surface area contributed by atoms with Crippen molar-refractivity contribution in [3.63, 3.8) is 0 Å². The smallest absolute Gasteiger partial charge is 0.459 e. The van der Waals surface area contributed by atoms with Crippen molar-refractivity contribution in [1.82, 2.24) is 20.0 Å². The zero-order chi connectivity index (χ0) is 41.9. The van der Waals surface area contributed by atoms with Crippen molar-refractivity contribution in [3.8, 4) is 17.1 Å². The Hall–Kier alpha value is -4.30. The summed E-state index contributed by atoms with van der Waals surface area (Å²) in [5, 5.41) is 17.8. The van der Waals surface area contributed by atoms with E-state index in [1.54, 1.807) is 91.1 Å². The Kier molecular flexibility index (Phi) is 11.2. The number of hydrogen-bond donors (Lipinski definition) is 3. The fourth-order valence-corrected chi connectivity index (χ4v) is 9.50. The molecule has 1 unspecified atom stereocenters. The highest BCUT2D eigenvalue weighted by molar-refractivity contribution is 7.52. The number of fused-ring (bicyclic) bond motifs is 5. The van der Waals surface area contributed by atoms with E-state index in [4.69, 9.17) is 28.2 Å². The lowest BCUT2D eigenvalue weighted by molar-refractivity contribution is -0.172. The van der Waals surface area contributed by atoms with Crippen molar-refractivity contribution in [3.05, 3.63) is 56.9 Å². The van der Waals surface area contributed by atoms with Gasteiger partial charge in [-0.15, -0.1) is 0 Å². The van der Waals surface area contributed by atoms with Crippen molar-refractivity contribution in [2.45, 2.75) is 155 Å². The van der Waals surface area contributed by atoms with E-state index in [0.717, 1.165) is 11.1 Å². The number of carbonyl (C=O) groups is 3. The topological polar surface area (TPSA) is 194 Å². The molecule has 3 aromatic rings. The predicted molar refractivity (Wildman–Crippen MR) is 212 cm³/mol. The first-order valence-corrected chi connectivity index (χ1v) is 21.1. The van der Waals surface area contributed by atoms with Crippen LogP contribution in [-0.2, 0) is 58.1 Å². The lowest BCUT2D eigenvalue weighted by Crippen LogP contribution is -2.49. The zero-order valence-corrected chi connectivity index (χ0v) is 35.4. The average molecular weight is 811 g/mol. The number of amides is 1. The number of hydrogen-bond acceptors (Lipinski definition) is 12. The fraction of sp³-hybridized carbons (Fsp3) is 0.585. The maximum Gasteiger partial charge on any atom is 0.459 e. The van der Waals surface area contributed by atoms with Crippen LogP contribution in [0.15, 0.2) is 29.1 Å². The van der Waals surface area contributed by atoms with E-state index in [0.29, 0.717) is 54.4 Å². The number of nitrogens with zero attached hydrogens (tertiary/aromatic N) is 2. The molecule has 1 fully saturated rings. The summed E-state index contributed by atoms with van der Waals surface area (Å²) in [5.41, 5.74) is -1.45. The van der Waals surface area contributed by atoms with Gasteiger partial charge in [-0.1, -0.05) is 13.8 Å². The molecule has 2 aliphatic heterocycles. The van der Waals surface area contributed by atoms with Crippen LogP contribution < -0.4 is 20.5 Å². The van der Waals surface area contributed by atoms with E-state index in [2.05, 4.69) is 10.4 Å². The van der Waals surface area contributed by atoms with Crippen molar-refractivity contribution in [2.24, 2.45) is 0 Å². The quantitative estimate of drug-likeness (QED) is 0.0872. The highest BCUT2D eigenvalue weighted by atomic mass is 31.2. The first-order chi connectivity index (χ1) is 26.5. The molecule has 0 spiro atoms. The lowest BCUT2D eigenvalue weighted by Gasteiger charge is -2.35. The summed E-state index contributed by atoms with van der Waals surface area (Å²) in [6, 6.07) is 6.58. The molecule has 310 valence electrons. The molecular weight excluding hydrogens is 755 g/mol. The Balaban J connectivity index is 1.31. The predicted octanol–water partition coefficient (Wildman–Crippen LogP) is 6.69. The van der Waals surface area contributed by atoms with Crippen LogP contribution in [0, 0.1) is 0 Å². The molecule has 0 saturated heterocycles. The summed E-state index contributed by atoms with van der Waals surface area (Å²) in [5.74, 6) is -1.24. The van der Waals surface area contributed by atoms with Gasteiger partial charge in [0.1, 0.15) is 29.1 Å². The molecule has 57 heavy (non-hydrogen) atoms. The van der Waals surface area contributed by atoms with Gasteiger partial charge >= 0.3 is 25.8 Å². The standard InChI is InChI=1S/C41H55N4O11P/c1-11-26-27-19-25(17-18-31(27)43-33-28(26)21-45-32(33)20-30-29(34(45)46)22-52-36(48)41(30,50)12-2)56-57(51,44-40(9,10)35(47)53-38(3,4)5)55-24-15-13-23(14-16-24)42-37(49)54-39(6,7)8/h17-20,23-24,50H,11-16,21-22H2,1-10H3,(H,42,49)(H,44,51)/t23?,24?,41-,57?/m0/s1. The number of pyridine rings is 2. The fourth-order valence-electron chi connectivity index (χ4n) is 7.59. The van der Waals surface area contributed by atoms with Gasteiger partial charge in [0.05, 0.1) is 35.1 Å². The molecule has 2 atom stereocenters. The van der Waals surface area contributed by atoms with E-state index in [9.17, 15) is 28.8 Å². The molecule has 3 aliphatic rings. The molecule has 1 amide bonds. The second-order valence-electron chi connectivity index (χ2n) is 17.6. The van der Waals surface area contributed by atoms with Crippen LogP contribution in [0.5, 0.6) is 5.75 Å². The zero-order valence-electron chi connectivity index (χ0n) is 34.5. The number of aryl methyl sites for hydroxylation is 1. The van der Waals surface area contributed by atoms with Crippen molar-refractivity contribution >= 4 is 36.7 Å². The van der Waals surface area contributed by atoms with Gasteiger partial charge in [0.15, 0.2) is 5.60 Å². The van der Waals surface area contributed by atoms with Crippen LogP contribution in [0.2, 0.25) is 0 Å². The molecule has 15 nitrogen and oxygen atoms in total. The molecule has 3 N–H and O–H groups in total. The molecule has 16 heteroatoms. The third kappa shape index (κ3) is 8.77. The molecular formula is C41H55N4O11P. The van der Waals surface area contributed by atoms with E-state index < -0.39 is 54.2 Å². The number of esters is 2. The van der Waals surface area contributed by atoms with Crippen LogP contribution >= 0.6 is 7.75 Å². The third-order valence-electron chi connectivity index (χ3n) is 10.4. The van der Waals surface area contributed by atoms with Crippen LogP contribution in [0.4, 0.5) is 4.79 Å². The monoisotopic (exact) mass is 810 g/mol. The van der Waals surface area contributed by atoms with E-state index >= 15 is 0 Å². The van der Waals surface area contributed by atoms with E-state index in [-0.39, 0.29) is 48.0 Å². The number of aromatic nitrogens is 2. The first kappa shape index (κ1) is 42.3.